The van der Waals surface area contributed by atoms with Crippen LogP contribution in [0.15, 0.2) is 87.8 Å². The van der Waals surface area contributed by atoms with Crippen LogP contribution in [-0.2, 0) is 11.4 Å². The Hall–Kier alpha value is -3.82. The molecule has 5 rings (SSSR count). The Balaban J connectivity index is 1.62. The van der Waals surface area contributed by atoms with Gasteiger partial charge in [0.1, 0.15) is 18.2 Å². The molecular formula is C32H30BrN3O2. The van der Waals surface area contributed by atoms with E-state index in [1.165, 1.54) is 0 Å². The molecule has 0 aromatic heterocycles. The number of carbonyl (C=O) groups is 1. The summed E-state index contributed by atoms with van der Waals surface area (Å²) in [6.07, 6.45) is 1.97. The van der Waals surface area contributed by atoms with Crippen LogP contribution in [0.1, 0.15) is 53.0 Å². The van der Waals surface area contributed by atoms with Crippen molar-refractivity contribution < 1.29 is 9.53 Å². The fourth-order valence-electron chi connectivity index (χ4n) is 5.49. The lowest BCUT2D eigenvalue weighted by Gasteiger charge is -2.40. The van der Waals surface area contributed by atoms with Gasteiger partial charge in [0.15, 0.2) is 5.78 Å². The second-order valence-electron chi connectivity index (χ2n) is 10.0. The number of aryl methyl sites for hydroxylation is 2. The molecule has 0 fully saturated rings. The third kappa shape index (κ3) is 4.75. The maximum atomic E-state index is 13.5. The molecule has 0 saturated carbocycles. The van der Waals surface area contributed by atoms with Gasteiger partial charge in [0.25, 0.3) is 0 Å². The largest absolute Gasteiger partial charge is 0.489 e. The summed E-state index contributed by atoms with van der Waals surface area (Å²) in [6.45, 7) is 6.49. The minimum atomic E-state index is -0.504. The topological polar surface area (TPSA) is 79.3 Å². The quantitative estimate of drug-likeness (QED) is 0.351. The highest BCUT2D eigenvalue weighted by molar-refractivity contribution is 9.10. The molecule has 0 spiro atoms. The zero-order chi connectivity index (χ0) is 27.0. The van der Waals surface area contributed by atoms with Crippen LogP contribution in [0.5, 0.6) is 5.75 Å². The van der Waals surface area contributed by atoms with Crippen LogP contribution >= 0.6 is 15.9 Å². The van der Waals surface area contributed by atoms with E-state index in [1.54, 1.807) is 0 Å². The number of ether oxygens (including phenoxy) is 1. The maximum absolute atomic E-state index is 13.5. The molecule has 1 unspecified atom stereocenters. The molecule has 1 aliphatic heterocycles. The standard InChI is InChI=1S/C32H30BrN3O2/c1-19-7-11-24(12-8-19)36-28-5-4-6-29(37)31(28)30(27(17-34)32(36)35)26-16-20(2)15-22(21(26)3)18-38-25-13-9-23(33)10-14-25/h7-16,30H,4-6,18,35H2,1-3H3. The van der Waals surface area contributed by atoms with Crippen molar-refractivity contribution in [1.82, 2.24) is 0 Å². The van der Waals surface area contributed by atoms with Gasteiger partial charge in [0.05, 0.1) is 17.6 Å². The lowest BCUT2D eigenvalue weighted by Crippen LogP contribution is -2.39. The normalized spacial score (nSPS) is 17.4. The van der Waals surface area contributed by atoms with Gasteiger partial charge in [-0.15, -0.1) is 0 Å². The Morgan fingerprint density at radius 2 is 1.74 bits per heavy atom. The second-order valence-corrected chi connectivity index (χ2v) is 10.9. The van der Waals surface area contributed by atoms with E-state index in [4.69, 9.17) is 10.5 Å². The zero-order valence-corrected chi connectivity index (χ0v) is 23.4. The van der Waals surface area contributed by atoms with Crippen molar-refractivity contribution >= 4 is 27.4 Å². The molecule has 0 radical (unpaired) electrons. The van der Waals surface area contributed by atoms with Crippen LogP contribution in [0.25, 0.3) is 0 Å². The van der Waals surface area contributed by atoms with Gasteiger partial charge in [-0.05, 0) is 86.7 Å². The number of anilines is 1. The number of halogens is 1. The average molecular weight is 569 g/mol. The first kappa shape index (κ1) is 25.8. The number of nitrogens with zero attached hydrogens (tertiary/aromatic N) is 2. The number of rotatable bonds is 5. The number of nitrogens with two attached hydrogens (primary N) is 1. The van der Waals surface area contributed by atoms with Gasteiger partial charge in [-0.3, -0.25) is 9.69 Å². The average Bonchev–Trinajstić information content (AvgIpc) is 2.90. The van der Waals surface area contributed by atoms with Crippen LogP contribution < -0.4 is 15.4 Å². The van der Waals surface area contributed by atoms with Gasteiger partial charge >= 0.3 is 0 Å². The van der Waals surface area contributed by atoms with E-state index in [0.717, 1.165) is 62.3 Å². The predicted octanol–water partition coefficient (Wildman–Crippen LogP) is 7.26. The molecule has 0 saturated heterocycles. The van der Waals surface area contributed by atoms with Crippen molar-refractivity contribution in [2.24, 2.45) is 5.73 Å². The minimum absolute atomic E-state index is 0.0854. The van der Waals surface area contributed by atoms with Gasteiger partial charge in [-0.2, -0.15) is 5.26 Å². The fourth-order valence-corrected chi connectivity index (χ4v) is 5.76. The fraction of sp³-hybridized carbons (Fsp3) is 0.250. The molecule has 0 amide bonds. The first-order valence-corrected chi connectivity index (χ1v) is 13.6. The predicted molar refractivity (Wildman–Crippen MR) is 153 cm³/mol. The first-order valence-electron chi connectivity index (χ1n) is 12.8. The minimum Gasteiger partial charge on any atom is -0.489 e. The Kier molecular flexibility index (Phi) is 7.14. The van der Waals surface area contributed by atoms with Gasteiger partial charge < -0.3 is 10.5 Å². The molecular weight excluding hydrogens is 538 g/mol. The third-order valence-electron chi connectivity index (χ3n) is 7.42. The van der Waals surface area contributed by atoms with Crippen LogP contribution in [0, 0.1) is 32.1 Å². The van der Waals surface area contributed by atoms with Crippen LogP contribution in [0.3, 0.4) is 0 Å². The number of Topliss-reactive ketones (excluding diaryl/α,β-unsaturated/α-hetero) is 1. The van der Waals surface area contributed by atoms with Gasteiger partial charge in [-0.25, -0.2) is 0 Å². The third-order valence-corrected chi connectivity index (χ3v) is 7.95. The van der Waals surface area contributed by atoms with Crippen molar-refractivity contribution in [3.8, 4) is 11.8 Å². The summed E-state index contributed by atoms with van der Waals surface area (Å²) in [5.41, 5.74) is 14.8. The molecule has 1 aliphatic carbocycles. The molecule has 192 valence electrons. The van der Waals surface area contributed by atoms with Crippen molar-refractivity contribution in [2.75, 3.05) is 4.90 Å². The lowest BCUT2D eigenvalue weighted by molar-refractivity contribution is -0.116. The zero-order valence-electron chi connectivity index (χ0n) is 21.8. The first-order chi connectivity index (χ1) is 18.3. The van der Waals surface area contributed by atoms with E-state index < -0.39 is 5.92 Å². The Labute approximate surface area is 232 Å². The molecule has 1 heterocycles. The molecule has 3 aromatic rings. The van der Waals surface area contributed by atoms with Crippen molar-refractivity contribution in [3.05, 3.63) is 116 Å². The summed E-state index contributed by atoms with van der Waals surface area (Å²) in [4.78, 5) is 15.5. The summed E-state index contributed by atoms with van der Waals surface area (Å²) in [6, 6.07) is 22.4. The molecule has 3 aromatic carbocycles. The summed E-state index contributed by atoms with van der Waals surface area (Å²) >= 11 is 3.46. The van der Waals surface area contributed by atoms with Gasteiger partial charge in [0, 0.05) is 27.9 Å². The summed E-state index contributed by atoms with van der Waals surface area (Å²) in [5, 5.41) is 10.4. The molecule has 2 N–H and O–H groups in total. The molecule has 1 atom stereocenters. The van der Waals surface area contributed by atoms with E-state index in [-0.39, 0.29) is 5.78 Å². The van der Waals surface area contributed by atoms with Gasteiger partial charge in [0.2, 0.25) is 0 Å². The van der Waals surface area contributed by atoms with Crippen LogP contribution in [0.4, 0.5) is 5.69 Å². The number of hydrogen-bond donors (Lipinski definition) is 1. The second kappa shape index (κ2) is 10.5. The van der Waals surface area contributed by atoms with Crippen molar-refractivity contribution in [2.45, 2.75) is 52.6 Å². The number of carbonyl (C=O) groups excluding carboxylic acids is 1. The van der Waals surface area contributed by atoms with Crippen molar-refractivity contribution in [3.63, 3.8) is 0 Å². The number of allylic oxidation sites excluding steroid dienone is 3. The summed E-state index contributed by atoms with van der Waals surface area (Å²) in [7, 11) is 0. The molecule has 2 aliphatic rings. The van der Waals surface area contributed by atoms with Crippen molar-refractivity contribution in [1.29, 1.82) is 5.26 Å². The smallest absolute Gasteiger partial charge is 0.161 e. The SMILES string of the molecule is Cc1ccc(N2C(N)=C(C#N)C(c3cc(C)cc(COc4ccc(Br)cc4)c3C)C3=C2CCCC3=O)cc1. The van der Waals surface area contributed by atoms with E-state index >= 15 is 0 Å². The highest BCUT2D eigenvalue weighted by Crippen LogP contribution is 2.47. The summed E-state index contributed by atoms with van der Waals surface area (Å²) < 4.78 is 7.09. The van der Waals surface area contributed by atoms with Gasteiger partial charge in [-0.1, -0.05) is 51.3 Å². The Bertz CT molecular complexity index is 1510. The highest BCUT2D eigenvalue weighted by Gasteiger charge is 2.41. The van der Waals surface area contributed by atoms with Crippen LogP contribution in [-0.4, -0.2) is 5.78 Å². The van der Waals surface area contributed by atoms with Crippen LogP contribution in [0.2, 0.25) is 0 Å². The summed E-state index contributed by atoms with van der Waals surface area (Å²) in [5.74, 6) is 0.748. The Morgan fingerprint density at radius 3 is 2.42 bits per heavy atom. The number of hydrogen-bond acceptors (Lipinski definition) is 5. The van der Waals surface area contributed by atoms with E-state index in [2.05, 4.69) is 34.1 Å². The molecule has 0 bridgehead atoms. The lowest BCUT2D eigenvalue weighted by atomic mass is 9.73. The Morgan fingerprint density at radius 1 is 1.03 bits per heavy atom. The van der Waals surface area contributed by atoms with E-state index in [0.29, 0.717) is 30.0 Å². The molecule has 5 nitrogen and oxygen atoms in total. The van der Waals surface area contributed by atoms with E-state index in [1.807, 2.05) is 74.2 Å². The number of ketones is 1. The maximum Gasteiger partial charge on any atom is 0.161 e. The monoisotopic (exact) mass is 567 g/mol. The number of nitriles is 1. The highest BCUT2D eigenvalue weighted by atomic mass is 79.9. The number of benzene rings is 3. The molecule has 6 heteroatoms. The molecule has 38 heavy (non-hydrogen) atoms. The van der Waals surface area contributed by atoms with E-state index in [9.17, 15) is 10.1 Å².